The summed E-state index contributed by atoms with van der Waals surface area (Å²) >= 11 is 0. The normalized spacial score (nSPS) is 35.3. The van der Waals surface area contributed by atoms with E-state index in [0.29, 0.717) is 30.4 Å². The second-order valence-electron chi connectivity index (χ2n) is 6.17. The first-order valence-corrected chi connectivity index (χ1v) is 7.83. The molecule has 1 aliphatic heterocycles. The van der Waals surface area contributed by atoms with E-state index in [0.717, 1.165) is 45.3 Å². The topological polar surface area (TPSA) is 64.3 Å². The van der Waals surface area contributed by atoms with Gasteiger partial charge in [-0.2, -0.15) is 0 Å². The van der Waals surface area contributed by atoms with Gasteiger partial charge in [0.15, 0.2) is 0 Å². The van der Waals surface area contributed by atoms with Crippen LogP contribution in [0.25, 0.3) is 0 Å². The Hall–Kier alpha value is -0.610. The van der Waals surface area contributed by atoms with Gasteiger partial charge < -0.3 is 15.8 Å². The first-order chi connectivity index (χ1) is 9.19. The van der Waals surface area contributed by atoms with Crippen molar-refractivity contribution in [2.75, 3.05) is 13.2 Å². The van der Waals surface area contributed by atoms with Crippen LogP contribution in [0.2, 0.25) is 0 Å². The number of hydrogen-bond acceptors (Lipinski definition) is 3. The summed E-state index contributed by atoms with van der Waals surface area (Å²) in [6.45, 7) is 3.76. The molecule has 0 aromatic heterocycles. The first kappa shape index (κ1) is 14.8. The van der Waals surface area contributed by atoms with Gasteiger partial charge in [-0.3, -0.25) is 4.79 Å². The van der Waals surface area contributed by atoms with Crippen molar-refractivity contribution in [1.82, 2.24) is 5.32 Å². The van der Waals surface area contributed by atoms with Crippen molar-refractivity contribution < 1.29 is 9.53 Å². The molecule has 0 aromatic carbocycles. The van der Waals surface area contributed by atoms with Crippen molar-refractivity contribution in [3.8, 4) is 0 Å². The molecule has 1 amide bonds. The lowest BCUT2D eigenvalue weighted by molar-refractivity contribution is -0.122. The predicted molar refractivity (Wildman–Crippen MR) is 75.7 cm³/mol. The monoisotopic (exact) mass is 268 g/mol. The van der Waals surface area contributed by atoms with E-state index in [1.165, 1.54) is 6.42 Å². The Bertz CT molecular complexity index is 296. The highest BCUT2D eigenvalue weighted by atomic mass is 16.5. The number of carbonyl (C=O) groups excluding carboxylic acids is 1. The summed E-state index contributed by atoms with van der Waals surface area (Å²) in [7, 11) is 0. The van der Waals surface area contributed by atoms with E-state index in [4.69, 9.17) is 10.5 Å². The summed E-state index contributed by atoms with van der Waals surface area (Å²) in [5.74, 6) is 1.19. The van der Waals surface area contributed by atoms with Gasteiger partial charge in [0.25, 0.3) is 0 Å². The third kappa shape index (κ3) is 4.46. The predicted octanol–water partition coefficient (Wildman–Crippen LogP) is 1.83. The number of ether oxygens (including phenoxy) is 1. The molecule has 1 saturated carbocycles. The molecule has 19 heavy (non-hydrogen) atoms. The number of hydrogen-bond donors (Lipinski definition) is 2. The molecular formula is C15H28N2O2. The molecule has 0 radical (unpaired) electrons. The SMILES string of the molecule is CCC1OCCC1CNC(=O)CC1CCCC(N)C1. The number of amides is 1. The number of nitrogens with two attached hydrogens (primary N) is 1. The molecule has 4 unspecified atom stereocenters. The highest BCUT2D eigenvalue weighted by Crippen LogP contribution is 2.26. The molecule has 1 saturated heterocycles. The van der Waals surface area contributed by atoms with E-state index in [9.17, 15) is 4.79 Å². The van der Waals surface area contributed by atoms with Crippen LogP contribution in [0, 0.1) is 11.8 Å². The summed E-state index contributed by atoms with van der Waals surface area (Å²) < 4.78 is 5.64. The van der Waals surface area contributed by atoms with Crippen LogP contribution in [0.4, 0.5) is 0 Å². The molecule has 2 aliphatic rings. The van der Waals surface area contributed by atoms with E-state index in [1.54, 1.807) is 0 Å². The molecule has 1 heterocycles. The summed E-state index contributed by atoms with van der Waals surface area (Å²) in [5.41, 5.74) is 5.96. The van der Waals surface area contributed by atoms with Crippen LogP contribution in [0.15, 0.2) is 0 Å². The lowest BCUT2D eigenvalue weighted by Crippen LogP contribution is -2.35. The zero-order valence-corrected chi connectivity index (χ0v) is 12.1. The van der Waals surface area contributed by atoms with Gasteiger partial charge in [0, 0.05) is 31.5 Å². The molecule has 0 spiro atoms. The van der Waals surface area contributed by atoms with Gasteiger partial charge >= 0.3 is 0 Å². The van der Waals surface area contributed by atoms with Gasteiger partial charge in [0.2, 0.25) is 5.91 Å². The van der Waals surface area contributed by atoms with Gasteiger partial charge in [-0.15, -0.1) is 0 Å². The van der Waals surface area contributed by atoms with E-state index in [-0.39, 0.29) is 5.91 Å². The molecule has 2 fully saturated rings. The Labute approximate surface area is 116 Å². The minimum Gasteiger partial charge on any atom is -0.378 e. The Kier molecular flexibility index (Phi) is 5.64. The van der Waals surface area contributed by atoms with Crippen molar-refractivity contribution >= 4 is 5.91 Å². The number of nitrogens with one attached hydrogen (secondary N) is 1. The minimum absolute atomic E-state index is 0.195. The van der Waals surface area contributed by atoms with Crippen molar-refractivity contribution in [1.29, 1.82) is 0 Å². The molecule has 4 atom stereocenters. The first-order valence-electron chi connectivity index (χ1n) is 7.83. The highest BCUT2D eigenvalue weighted by molar-refractivity contribution is 5.76. The maximum Gasteiger partial charge on any atom is 0.220 e. The van der Waals surface area contributed by atoms with Gasteiger partial charge in [-0.25, -0.2) is 0 Å². The van der Waals surface area contributed by atoms with E-state index >= 15 is 0 Å². The lowest BCUT2D eigenvalue weighted by Gasteiger charge is -2.26. The Morgan fingerprint density at radius 1 is 1.37 bits per heavy atom. The van der Waals surface area contributed by atoms with Crippen molar-refractivity contribution in [2.24, 2.45) is 17.6 Å². The third-order valence-electron chi connectivity index (χ3n) is 4.61. The van der Waals surface area contributed by atoms with Gasteiger partial charge in [0.1, 0.15) is 0 Å². The Morgan fingerprint density at radius 3 is 2.95 bits per heavy atom. The molecule has 2 rings (SSSR count). The van der Waals surface area contributed by atoms with Crippen LogP contribution < -0.4 is 11.1 Å². The van der Waals surface area contributed by atoms with Crippen molar-refractivity contribution in [3.05, 3.63) is 0 Å². The van der Waals surface area contributed by atoms with E-state index < -0.39 is 0 Å². The average molecular weight is 268 g/mol. The van der Waals surface area contributed by atoms with Crippen LogP contribution >= 0.6 is 0 Å². The standard InChI is InChI=1S/C15H28N2O2/c1-2-14-12(6-7-19-14)10-17-15(18)9-11-4-3-5-13(16)8-11/h11-14H,2-10,16H2,1H3,(H,17,18). The number of rotatable bonds is 5. The van der Waals surface area contributed by atoms with Crippen LogP contribution in [-0.2, 0) is 9.53 Å². The van der Waals surface area contributed by atoms with Crippen LogP contribution in [-0.4, -0.2) is 31.2 Å². The van der Waals surface area contributed by atoms with Crippen molar-refractivity contribution in [2.45, 2.75) is 64.0 Å². The molecule has 0 bridgehead atoms. The molecule has 4 heteroatoms. The van der Waals surface area contributed by atoms with Gasteiger partial charge in [0.05, 0.1) is 6.10 Å². The maximum absolute atomic E-state index is 12.0. The smallest absolute Gasteiger partial charge is 0.220 e. The second kappa shape index (κ2) is 7.25. The number of carbonyl (C=O) groups is 1. The summed E-state index contributed by atoms with van der Waals surface area (Å²) in [6, 6.07) is 0.305. The van der Waals surface area contributed by atoms with Crippen molar-refractivity contribution in [3.63, 3.8) is 0 Å². The van der Waals surface area contributed by atoms with E-state index in [1.807, 2.05) is 0 Å². The molecule has 110 valence electrons. The summed E-state index contributed by atoms with van der Waals surface area (Å²) in [5, 5.41) is 3.09. The molecule has 1 aliphatic carbocycles. The Balaban J connectivity index is 1.66. The summed E-state index contributed by atoms with van der Waals surface area (Å²) in [4.78, 5) is 12.0. The highest BCUT2D eigenvalue weighted by Gasteiger charge is 2.27. The zero-order chi connectivity index (χ0) is 13.7. The average Bonchev–Trinajstić information content (AvgIpc) is 2.83. The fourth-order valence-electron chi connectivity index (χ4n) is 3.47. The minimum atomic E-state index is 0.195. The largest absolute Gasteiger partial charge is 0.378 e. The molecular weight excluding hydrogens is 240 g/mol. The maximum atomic E-state index is 12.0. The fraction of sp³-hybridized carbons (Fsp3) is 0.933. The Morgan fingerprint density at radius 2 is 2.21 bits per heavy atom. The van der Waals surface area contributed by atoms with Crippen LogP contribution in [0.3, 0.4) is 0 Å². The van der Waals surface area contributed by atoms with Crippen LogP contribution in [0.1, 0.15) is 51.9 Å². The van der Waals surface area contributed by atoms with Gasteiger partial charge in [-0.05, 0) is 38.0 Å². The summed E-state index contributed by atoms with van der Waals surface area (Å²) in [6.07, 6.45) is 7.57. The second-order valence-corrected chi connectivity index (χ2v) is 6.17. The molecule has 0 aromatic rings. The lowest BCUT2D eigenvalue weighted by atomic mass is 9.84. The third-order valence-corrected chi connectivity index (χ3v) is 4.61. The molecule has 3 N–H and O–H groups in total. The van der Waals surface area contributed by atoms with E-state index in [2.05, 4.69) is 12.2 Å². The zero-order valence-electron chi connectivity index (χ0n) is 12.1. The van der Waals surface area contributed by atoms with Gasteiger partial charge in [-0.1, -0.05) is 13.3 Å². The fourth-order valence-corrected chi connectivity index (χ4v) is 3.47. The quantitative estimate of drug-likeness (QED) is 0.799. The molecule has 4 nitrogen and oxygen atoms in total. The van der Waals surface area contributed by atoms with Crippen LogP contribution in [0.5, 0.6) is 0 Å².